The molecule has 1 fully saturated rings. The number of aromatic nitrogens is 4. The number of rotatable bonds is 4. The Labute approximate surface area is 161 Å². The molecule has 1 aliphatic heterocycles. The third-order valence-electron chi connectivity index (χ3n) is 4.70. The molecule has 1 saturated heterocycles. The molecule has 3 aromatic rings. The molecule has 3 aromatic heterocycles. The summed E-state index contributed by atoms with van der Waals surface area (Å²) >= 11 is 0. The number of likely N-dealkylation sites (N-methyl/N-ethyl adjacent to an activating group) is 1. The first-order valence-electron chi connectivity index (χ1n) is 8.84. The minimum atomic E-state index is -0.268. The van der Waals surface area contributed by atoms with Crippen molar-refractivity contribution in [3.05, 3.63) is 54.6 Å². The third kappa shape index (κ3) is 3.22. The zero-order valence-electron chi connectivity index (χ0n) is 15.6. The number of hydrogen-bond donors (Lipinski definition) is 0. The fraction of sp³-hybridized carbons (Fsp3) is 0.263. The van der Waals surface area contributed by atoms with Crippen LogP contribution in [-0.4, -0.2) is 74.7 Å². The number of carbonyl (C=O) groups excluding carboxylic acids is 2. The lowest BCUT2D eigenvalue weighted by atomic mass is 10.3. The van der Waals surface area contributed by atoms with Crippen LogP contribution in [0.15, 0.2) is 48.9 Å². The first-order chi connectivity index (χ1) is 13.6. The fourth-order valence-corrected chi connectivity index (χ4v) is 3.05. The van der Waals surface area contributed by atoms with Crippen molar-refractivity contribution in [1.82, 2.24) is 29.1 Å². The van der Waals surface area contributed by atoms with Crippen molar-refractivity contribution in [3.63, 3.8) is 0 Å². The highest BCUT2D eigenvalue weighted by atomic mass is 16.5. The Kier molecular flexibility index (Phi) is 4.56. The highest BCUT2D eigenvalue weighted by Crippen LogP contribution is 2.19. The molecule has 1 aliphatic rings. The zero-order valence-corrected chi connectivity index (χ0v) is 15.6. The summed E-state index contributed by atoms with van der Waals surface area (Å²) in [5.41, 5.74) is 0.967. The predicted octanol–water partition coefficient (Wildman–Crippen LogP) is 0.981. The van der Waals surface area contributed by atoms with Crippen molar-refractivity contribution in [1.29, 1.82) is 0 Å². The van der Waals surface area contributed by atoms with E-state index in [1.54, 1.807) is 42.1 Å². The smallest absolute Gasteiger partial charge is 0.274 e. The van der Waals surface area contributed by atoms with Crippen LogP contribution in [0.2, 0.25) is 0 Å². The summed E-state index contributed by atoms with van der Waals surface area (Å²) in [6.45, 7) is 1.06. The van der Waals surface area contributed by atoms with Crippen LogP contribution in [-0.2, 0) is 4.79 Å². The Hall–Kier alpha value is -3.62. The molecule has 0 aliphatic carbocycles. The Morgan fingerprint density at radius 2 is 1.96 bits per heavy atom. The Bertz CT molecular complexity index is 993. The van der Waals surface area contributed by atoms with Crippen LogP contribution in [0.25, 0.3) is 11.5 Å². The average molecular weight is 380 g/mol. The van der Waals surface area contributed by atoms with E-state index in [4.69, 9.17) is 4.74 Å². The number of pyridine rings is 1. The van der Waals surface area contributed by atoms with Gasteiger partial charge in [-0.25, -0.2) is 9.67 Å². The lowest BCUT2D eigenvalue weighted by Gasteiger charge is -2.31. The maximum Gasteiger partial charge on any atom is 0.274 e. The molecule has 0 radical (unpaired) electrons. The molecule has 144 valence electrons. The van der Waals surface area contributed by atoms with Crippen molar-refractivity contribution in [2.45, 2.75) is 0 Å². The van der Waals surface area contributed by atoms with Crippen LogP contribution in [0.1, 0.15) is 10.5 Å². The van der Waals surface area contributed by atoms with Crippen molar-refractivity contribution >= 4 is 11.8 Å². The van der Waals surface area contributed by atoms with Crippen molar-refractivity contribution in [2.75, 3.05) is 33.8 Å². The number of amides is 2. The molecule has 0 unspecified atom stereocenters. The van der Waals surface area contributed by atoms with Gasteiger partial charge in [0, 0.05) is 44.7 Å². The van der Waals surface area contributed by atoms with Crippen LogP contribution in [0, 0.1) is 0 Å². The van der Waals surface area contributed by atoms with Crippen molar-refractivity contribution in [3.8, 4) is 17.4 Å². The Balaban J connectivity index is 1.71. The normalized spacial score (nSPS) is 14.4. The standard InChI is InChI=1S/C19H20N6O3/c1-22-9-10-24(13-18(22)26)19(27)15-11-17(23-7-3-4-8-23)25(21-15)14-5-6-16(28-2)20-12-14/h3-8,11-12H,9-10,13H2,1-2H3. The molecule has 0 aromatic carbocycles. The topological polar surface area (TPSA) is 85.5 Å². The molecule has 0 spiro atoms. The van der Waals surface area contributed by atoms with Gasteiger partial charge in [-0.1, -0.05) is 0 Å². The molecule has 2 amide bonds. The molecule has 28 heavy (non-hydrogen) atoms. The van der Waals surface area contributed by atoms with E-state index >= 15 is 0 Å². The van der Waals surface area contributed by atoms with Crippen molar-refractivity contribution in [2.24, 2.45) is 0 Å². The van der Waals surface area contributed by atoms with Gasteiger partial charge in [-0.05, 0) is 18.2 Å². The molecule has 0 N–H and O–H groups in total. The second-order valence-corrected chi connectivity index (χ2v) is 6.49. The summed E-state index contributed by atoms with van der Waals surface area (Å²) in [6.07, 6.45) is 5.38. The van der Waals surface area contributed by atoms with Gasteiger partial charge >= 0.3 is 0 Å². The number of hydrogen-bond acceptors (Lipinski definition) is 5. The summed E-state index contributed by atoms with van der Waals surface area (Å²) in [7, 11) is 3.29. The second-order valence-electron chi connectivity index (χ2n) is 6.49. The van der Waals surface area contributed by atoms with E-state index in [0.29, 0.717) is 30.5 Å². The van der Waals surface area contributed by atoms with Crippen LogP contribution in [0.4, 0.5) is 0 Å². The number of piperazine rings is 1. The highest BCUT2D eigenvalue weighted by molar-refractivity contribution is 5.96. The lowest BCUT2D eigenvalue weighted by Crippen LogP contribution is -2.50. The molecule has 9 heteroatoms. The number of nitrogens with zero attached hydrogens (tertiary/aromatic N) is 6. The monoisotopic (exact) mass is 380 g/mol. The van der Waals surface area contributed by atoms with Gasteiger partial charge in [0.05, 0.1) is 19.0 Å². The quantitative estimate of drug-likeness (QED) is 0.674. The Morgan fingerprint density at radius 3 is 2.61 bits per heavy atom. The van der Waals surface area contributed by atoms with E-state index < -0.39 is 0 Å². The van der Waals surface area contributed by atoms with E-state index in [9.17, 15) is 9.59 Å². The summed E-state index contributed by atoms with van der Waals surface area (Å²) in [5, 5.41) is 4.51. The first kappa shape index (κ1) is 17.8. The predicted molar refractivity (Wildman–Crippen MR) is 101 cm³/mol. The zero-order chi connectivity index (χ0) is 19.7. The minimum Gasteiger partial charge on any atom is -0.481 e. The van der Waals surface area contributed by atoms with Gasteiger partial charge in [-0.3, -0.25) is 9.59 Å². The summed E-state index contributed by atoms with van der Waals surface area (Å²) in [5.74, 6) is 0.838. The molecule has 4 heterocycles. The largest absolute Gasteiger partial charge is 0.481 e. The van der Waals surface area contributed by atoms with E-state index in [1.807, 2.05) is 35.2 Å². The summed E-state index contributed by atoms with van der Waals surface area (Å²) < 4.78 is 8.62. The molecule has 4 rings (SSSR count). The highest BCUT2D eigenvalue weighted by Gasteiger charge is 2.28. The number of ether oxygens (including phenoxy) is 1. The van der Waals surface area contributed by atoms with Crippen molar-refractivity contribution < 1.29 is 14.3 Å². The molecule has 0 bridgehead atoms. The van der Waals surface area contributed by atoms with Gasteiger partial charge in [0.15, 0.2) is 5.69 Å². The Morgan fingerprint density at radius 1 is 1.18 bits per heavy atom. The van der Waals surface area contributed by atoms with Gasteiger partial charge in [-0.2, -0.15) is 5.10 Å². The number of carbonyl (C=O) groups is 2. The lowest BCUT2D eigenvalue weighted by molar-refractivity contribution is -0.133. The molecular weight excluding hydrogens is 360 g/mol. The van der Waals surface area contributed by atoms with Crippen LogP contribution in [0.3, 0.4) is 0 Å². The fourth-order valence-electron chi connectivity index (χ4n) is 3.05. The maximum absolute atomic E-state index is 13.0. The maximum atomic E-state index is 13.0. The van der Waals surface area contributed by atoms with Crippen LogP contribution < -0.4 is 4.74 Å². The third-order valence-corrected chi connectivity index (χ3v) is 4.70. The average Bonchev–Trinajstić information content (AvgIpc) is 3.39. The van der Waals surface area contributed by atoms with Gasteiger partial charge in [0.25, 0.3) is 5.91 Å². The van der Waals surface area contributed by atoms with Crippen LogP contribution >= 0.6 is 0 Å². The molecule has 0 saturated carbocycles. The van der Waals surface area contributed by atoms with Gasteiger partial charge < -0.3 is 19.1 Å². The van der Waals surface area contributed by atoms with Gasteiger partial charge in [-0.15, -0.1) is 0 Å². The number of methoxy groups -OCH3 is 1. The summed E-state index contributed by atoms with van der Waals surface area (Å²) in [4.78, 5) is 32.3. The van der Waals surface area contributed by atoms with E-state index in [2.05, 4.69) is 10.1 Å². The van der Waals surface area contributed by atoms with E-state index in [-0.39, 0.29) is 24.1 Å². The summed E-state index contributed by atoms with van der Waals surface area (Å²) in [6, 6.07) is 9.06. The molecule has 0 atom stereocenters. The van der Waals surface area contributed by atoms with Crippen LogP contribution in [0.5, 0.6) is 5.88 Å². The van der Waals surface area contributed by atoms with E-state index in [0.717, 1.165) is 0 Å². The minimum absolute atomic E-state index is 0.0607. The molecular formula is C19H20N6O3. The molecule has 9 nitrogen and oxygen atoms in total. The second kappa shape index (κ2) is 7.18. The first-order valence-corrected chi connectivity index (χ1v) is 8.84. The van der Waals surface area contributed by atoms with E-state index in [1.165, 1.54) is 4.90 Å². The SMILES string of the molecule is COc1ccc(-n2nc(C(=O)N3CCN(C)C(=O)C3)cc2-n2cccc2)cn1. The van der Waals surface area contributed by atoms with Gasteiger partial charge in [0.1, 0.15) is 12.4 Å². The van der Waals surface area contributed by atoms with Gasteiger partial charge in [0.2, 0.25) is 11.8 Å².